The van der Waals surface area contributed by atoms with E-state index >= 15 is 0 Å². The van der Waals surface area contributed by atoms with Gasteiger partial charge in [-0.05, 0) is 157 Å². The summed E-state index contributed by atoms with van der Waals surface area (Å²) in [7, 11) is 3.64. The summed E-state index contributed by atoms with van der Waals surface area (Å²) in [5.74, 6) is -1.74. The Balaban J connectivity index is -0.000000358. The molecule has 2 saturated carbocycles. The topological polar surface area (TPSA) is 427 Å². The Morgan fingerprint density at radius 2 is 0.829 bits per heavy atom. The van der Waals surface area contributed by atoms with Gasteiger partial charge in [0.15, 0.2) is 0 Å². The van der Waals surface area contributed by atoms with E-state index in [2.05, 4.69) is 50.5 Å². The number of piperidine rings is 3. The number of hydrazine groups is 1. The maximum Gasteiger partial charge on any atom is 0.317 e. The van der Waals surface area contributed by atoms with E-state index in [1.165, 1.54) is 43.4 Å². The highest BCUT2D eigenvalue weighted by atomic mass is 16.3. The summed E-state index contributed by atoms with van der Waals surface area (Å²) in [6.45, 7) is 81.1. The van der Waals surface area contributed by atoms with Crippen LogP contribution in [-0.4, -0.2) is 329 Å². The molecule has 0 aromatic heterocycles. The number of aliphatic hydroxyl groups is 7. The minimum atomic E-state index is -0.537. The molecule has 13 N–H and O–H groups in total. The quantitative estimate of drug-likeness (QED) is 0.0423. The lowest BCUT2D eigenvalue weighted by molar-refractivity contribution is -0.143. The molecule has 0 radical (unpaired) electrons. The lowest BCUT2D eigenvalue weighted by Crippen LogP contribution is -2.54. The number of urea groups is 1. The van der Waals surface area contributed by atoms with Crippen LogP contribution in [0, 0.1) is 73.9 Å². The van der Waals surface area contributed by atoms with Crippen LogP contribution < -0.4 is 32.0 Å². The van der Waals surface area contributed by atoms with E-state index in [9.17, 15) is 73.2 Å². The minimum Gasteiger partial charge on any atom is -0.396 e. The third-order valence-electron chi connectivity index (χ3n) is 24.7. The summed E-state index contributed by atoms with van der Waals surface area (Å²) in [6.07, 6.45) is 20.4. The van der Waals surface area contributed by atoms with Crippen molar-refractivity contribution in [1.29, 1.82) is 0 Å². The first-order chi connectivity index (χ1) is 64.7. The Morgan fingerprint density at radius 1 is 0.443 bits per heavy atom. The standard InChI is InChI=1S/C13H25NO2.C12H20N2O2.2C12H24N2O2.C12H23NO2.C12H21NO.C10H21NO2.C9H17N3O2.C7H15NO3.4C2H6.CH4/c1-13(2,3)11(9-15)12(16)14-10-7-5-4-6-8-10;1-12(2,3)13-11(16)8-6-10(15)14(7-8)9-4-5-9;1-12(2,3)10(9-15)11(16)14-7-5-13(4)6-8-14;1-12(2,3)10(9-15)11(16)13-14-7-5-4-6-8-14;1-12(2,3)10(9-14)11(15)13-7-5-4-6-8-13;1-10(12(2,3)4)11(14)13-8-6-5-7-9-13;1-5-6-11-9(13)8(7-12)10(2,3)4;1-3-4-11-5-6-12(7-8(11)13)9(14)10-2;1-5(4-9)7(11)8-3-6(2)10;4*1-2;/h10-11,15H,4-9H2,1-3H3,(H,14,16);8-9H,4-7H2,1-3H3,(H,13,16);10,15H,5-9H2,1-4H3;10,15H,4-9H2,1-3H3,(H,13,16);10,14H,4-9H2,1-3H3;1,5-9H2,2-4H3;8,12H,5-7H2,1-4H3,(H,11,13);3-7H2,1-2H3,(H,10,14);5-6,9-10H,3-4H2,1-2H3,(H,8,11);4*1-2H3;1H4. The van der Waals surface area contributed by atoms with Gasteiger partial charge >= 0.3 is 6.03 Å². The fourth-order valence-electron chi connectivity index (χ4n) is 15.2. The number of likely N-dealkylation sites (tertiary alicyclic amines) is 3. The highest BCUT2D eigenvalue weighted by Crippen LogP contribution is 2.35. The number of amides is 12. The fraction of sp³-hybridized carbons (Fsp3) is 0.880. The number of nitrogens with one attached hydrogen (secondary N) is 6. The van der Waals surface area contributed by atoms with Crippen LogP contribution in [0.15, 0.2) is 12.2 Å². The second-order valence-corrected chi connectivity index (χ2v) is 44.2. The van der Waals surface area contributed by atoms with Gasteiger partial charge < -0.3 is 96.6 Å². The average molecular weight is 2000 g/mol. The highest BCUT2D eigenvalue weighted by molar-refractivity contribution is 5.94. The molecular formula is C108H218N14O18. The predicted octanol–water partition coefficient (Wildman–Crippen LogP) is 13.7. The zero-order valence-electron chi connectivity index (χ0n) is 94.9. The van der Waals surface area contributed by atoms with Gasteiger partial charge in [-0.3, -0.25) is 53.4 Å². The lowest BCUT2D eigenvalue weighted by Gasteiger charge is -2.37. The fourth-order valence-corrected chi connectivity index (χ4v) is 15.2. The molecule has 8 unspecified atom stereocenters. The number of hydrogen-bond donors (Lipinski definition) is 13. The first-order valence-corrected chi connectivity index (χ1v) is 53.1. The van der Waals surface area contributed by atoms with Crippen LogP contribution in [0.4, 0.5) is 4.79 Å². The molecule has 6 heterocycles. The number of rotatable bonds is 23. The molecule has 6 aliphatic heterocycles. The van der Waals surface area contributed by atoms with Gasteiger partial charge in [0, 0.05) is 141 Å². The van der Waals surface area contributed by atoms with Crippen LogP contribution in [0.2, 0.25) is 0 Å². The van der Waals surface area contributed by atoms with E-state index in [1.54, 1.807) is 25.8 Å². The molecule has 0 aromatic rings. The van der Waals surface area contributed by atoms with Crippen LogP contribution >= 0.6 is 0 Å². The zero-order chi connectivity index (χ0) is 109. The lowest BCUT2D eigenvalue weighted by atomic mass is 9.80. The van der Waals surface area contributed by atoms with Crippen molar-refractivity contribution in [1.82, 2.24) is 71.3 Å². The van der Waals surface area contributed by atoms with E-state index < -0.39 is 12.0 Å². The summed E-state index contributed by atoms with van der Waals surface area (Å²) in [5, 5.41) is 79.4. The Kier molecular flexibility index (Phi) is 78.2. The predicted molar refractivity (Wildman–Crippen MR) is 572 cm³/mol. The Labute approximate surface area is 853 Å². The summed E-state index contributed by atoms with van der Waals surface area (Å²) in [5.41, 5.74) is 2.46. The molecule has 12 amide bonds. The van der Waals surface area contributed by atoms with Gasteiger partial charge in [0.1, 0.15) is 6.54 Å². The van der Waals surface area contributed by atoms with Crippen molar-refractivity contribution < 1.29 is 88.5 Å². The Morgan fingerprint density at radius 3 is 1.19 bits per heavy atom. The van der Waals surface area contributed by atoms with Gasteiger partial charge in [0.25, 0.3) is 0 Å². The van der Waals surface area contributed by atoms with Crippen molar-refractivity contribution in [2.24, 2.45) is 73.9 Å². The third-order valence-corrected chi connectivity index (χ3v) is 24.7. The van der Waals surface area contributed by atoms with Crippen molar-refractivity contribution in [2.75, 3.05) is 165 Å². The van der Waals surface area contributed by atoms with Gasteiger partial charge in [-0.25, -0.2) is 9.80 Å². The van der Waals surface area contributed by atoms with Crippen molar-refractivity contribution in [2.45, 2.75) is 382 Å². The molecule has 8 aliphatic rings. The molecule has 32 heteroatoms. The molecule has 8 fully saturated rings. The molecule has 0 aromatic carbocycles. The summed E-state index contributed by atoms with van der Waals surface area (Å²) < 4.78 is 0. The van der Waals surface area contributed by atoms with Gasteiger partial charge in [0.05, 0.1) is 87.2 Å². The van der Waals surface area contributed by atoms with Crippen LogP contribution in [0.5, 0.6) is 0 Å². The highest BCUT2D eigenvalue weighted by Gasteiger charge is 2.44. The Bertz CT molecular complexity index is 3290. The largest absolute Gasteiger partial charge is 0.396 e. The maximum atomic E-state index is 12.2. The number of piperazine rings is 2. The number of carbonyl (C=O) groups is 11. The Hall–Kier alpha value is -6.65. The molecule has 0 spiro atoms. The van der Waals surface area contributed by atoms with E-state index in [-0.39, 0.29) is 199 Å². The number of nitrogens with zero attached hydrogens (tertiary/aromatic N) is 8. The van der Waals surface area contributed by atoms with Crippen LogP contribution in [0.1, 0.15) is 358 Å². The number of carbonyl (C=O) groups excluding carboxylic acids is 11. The zero-order valence-corrected chi connectivity index (χ0v) is 94.9. The second kappa shape index (κ2) is 76.0. The molecule has 32 nitrogen and oxygen atoms in total. The molecule has 2 aliphatic carbocycles. The molecular weight excluding hydrogens is 1780 g/mol. The summed E-state index contributed by atoms with van der Waals surface area (Å²) in [6, 6.07) is 0.590. The van der Waals surface area contributed by atoms with Crippen molar-refractivity contribution in [3.05, 3.63) is 12.2 Å². The SMILES string of the molecule is C.C=C(C(=O)N1CCCCC1)C(C)(C)C.CC.CC.CC.CC.CC(C)(C)C(CO)C(=O)N1CCCCC1.CC(C)(C)C(CO)C(=O)NC1CCCCC1.CC(C)(C)C(CO)C(=O)NN1CCCCC1.CC(C)(C)NC(=O)C1CC(=O)N(C2CC2)C1.CC(O)CNC(=O)C(C)CO.CCCN1CCN(C(=O)NC)CC1=O.CCCNC(=O)C(CO)C(C)(C)C.CN1CCN(C(=O)C(CO)C(C)(C)C)CC1. The number of hydrogen-bond acceptors (Lipinski definition) is 20. The molecule has 8 rings (SSSR count). The first kappa shape index (κ1) is 144. The van der Waals surface area contributed by atoms with Gasteiger partial charge in [-0.2, -0.15) is 0 Å². The van der Waals surface area contributed by atoms with Gasteiger partial charge in [-0.15, -0.1) is 0 Å². The molecule has 8 atom stereocenters. The number of likely N-dealkylation sites (N-methyl/N-ethyl adjacent to an activating group) is 1. The normalized spacial score (nSPS) is 18.4. The van der Waals surface area contributed by atoms with Crippen molar-refractivity contribution in [3.8, 4) is 0 Å². The van der Waals surface area contributed by atoms with E-state index in [1.807, 2.05) is 239 Å². The van der Waals surface area contributed by atoms with Gasteiger partial charge in [0.2, 0.25) is 59.1 Å². The van der Waals surface area contributed by atoms with E-state index in [0.29, 0.717) is 44.7 Å². The minimum absolute atomic E-state index is 0. The molecule has 0 bridgehead atoms. The average Bonchev–Trinajstić information content (AvgIpc) is 1.68. The van der Waals surface area contributed by atoms with E-state index in [4.69, 9.17) is 15.3 Å². The second-order valence-electron chi connectivity index (χ2n) is 44.2. The van der Waals surface area contributed by atoms with Gasteiger partial charge in [-0.1, -0.05) is 240 Å². The smallest absolute Gasteiger partial charge is 0.317 e. The molecule has 140 heavy (non-hydrogen) atoms. The summed E-state index contributed by atoms with van der Waals surface area (Å²) >= 11 is 0. The molecule has 6 saturated heterocycles. The third kappa shape index (κ3) is 61.6. The number of aliphatic hydroxyl groups excluding tert-OH is 7. The maximum absolute atomic E-state index is 12.2. The van der Waals surface area contributed by atoms with Crippen molar-refractivity contribution >= 4 is 65.1 Å². The van der Waals surface area contributed by atoms with Crippen LogP contribution in [-0.2, 0) is 47.9 Å². The molecule has 828 valence electrons. The summed E-state index contributed by atoms with van der Waals surface area (Å²) in [4.78, 5) is 142. The van der Waals surface area contributed by atoms with Crippen molar-refractivity contribution in [3.63, 3.8) is 0 Å². The van der Waals surface area contributed by atoms with Crippen LogP contribution in [0.3, 0.4) is 0 Å². The van der Waals surface area contributed by atoms with E-state index in [0.717, 1.165) is 155 Å². The monoisotopic (exact) mass is 2000 g/mol. The van der Waals surface area contributed by atoms with Crippen LogP contribution in [0.25, 0.3) is 0 Å². The first-order valence-electron chi connectivity index (χ1n) is 53.1.